The molecule has 4 heteroatoms. The van der Waals surface area contributed by atoms with Gasteiger partial charge in [-0.3, -0.25) is 0 Å². The highest BCUT2D eigenvalue weighted by Crippen LogP contribution is 2.33. The van der Waals surface area contributed by atoms with Gasteiger partial charge in [0, 0.05) is 16.1 Å². The number of halogens is 2. The fourth-order valence-corrected chi connectivity index (χ4v) is 2.13. The molecule has 100 valence electrons. The summed E-state index contributed by atoms with van der Waals surface area (Å²) in [4.78, 5) is 0. The predicted octanol–water partition coefficient (Wildman–Crippen LogP) is 4.71. The van der Waals surface area contributed by atoms with Gasteiger partial charge < -0.3 is 10.5 Å². The molecular formula is C15H15BrFNO. The van der Waals surface area contributed by atoms with Crippen molar-refractivity contribution in [2.45, 2.75) is 19.9 Å². The highest BCUT2D eigenvalue weighted by Gasteiger charge is 2.12. The zero-order valence-corrected chi connectivity index (χ0v) is 12.4. The van der Waals surface area contributed by atoms with Gasteiger partial charge in [-0.05, 0) is 37.6 Å². The molecule has 2 aromatic rings. The fraction of sp³-hybridized carbons (Fsp3) is 0.200. The average molecular weight is 324 g/mol. The lowest BCUT2D eigenvalue weighted by molar-refractivity contribution is 0.433. The van der Waals surface area contributed by atoms with E-state index < -0.39 is 0 Å². The van der Waals surface area contributed by atoms with E-state index in [9.17, 15) is 4.39 Å². The van der Waals surface area contributed by atoms with Gasteiger partial charge in [-0.1, -0.05) is 34.1 Å². The van der Waals surface area contributed by atoms with Crippen molar-refractivity contribution < 1.29 is 9.13 Å². The third kappa shape index (κ3) is 3.14. The van der Waals surface area contributed by atoms with E-state index in [1.807, 2.05) is 19.1 Å². The maximum Gasteiger partial charge on any atom is 0.168 e. The van der Waals surface area contributed by atoms with Gasteiger partial charge in [0.1, 0.15) is 5.75 Å². The molecule has 0 aliphatic carbocycles. The van der Waals surface area contributed by atoms with E-state index in [1.165, 1.54) is 0 Å². The summed E-state index contributed by atoms with van der Waals surface area (Å²) in [7, 11) is 0. The summed E-state index contributed by atoms with van der Waals surface area (Å²) in [6.07, 6.45) is 0. The summed E-state index contributed by atoms with van der Waals surface area (Å²) in [6, 6.07) is 10.4. The minimum absolute atomic E-state index is 0.184. The second kappa shape index (κ2) is 5.72. The molecule has 2 nitrogen and oxygen atoms in total. The van der Waals surface area contributed by atoms with Crippen LogP contribution in [0, 0.1) is 12.7 Å². The van der Waals surface area contributed by atoms with Gasteiger partial charge in [0.05, 0.1) is 0 Å². The van der Waals surface area contributed by atoms with Gasteiger partial charge in [-0.2, -0.15) is 0 Å². The Hall–Kier alpha value is -1.39. The van der Waals surface area contributed by atoms with Gasteiger partial charge in [-0.25, -0.2) is 4.39 Å². The van der Waals surface area contributed by atoms with Gasteiger partial charge in [-0.15, -0.1) is 0 Å². The number of hydrogen-bond donors (Lipinski definition) is 1. The molecule has 2 N–H and O–H groups in total. The van der Waals surface area contributed by atoms with Crippen molar-refractivity contribution in [1.29, 1.82) is 0 Å². The number of hydrogen-bond acceptors (Lipinski definition) is 2. The Morgan fingerprint density at radius 2 is 1.95 bits per heavy atom. The largest absolute Gasteiger partial charge is 0.454 e. The van der Waals surface area contributed by atoms with E-state index in [1.54, 1.807) is 31.2 Å². The normalized spacial score (nSPS) is 12.3. The van der Waals surface area contributed by atoms with Crippen LogP contribution in [0.25, 0.3) is 0 Å². The molecule has 2 aromatic carbocycles. The summed E-state index contributed by atoms with van der Waals surface area (Å²) in [5.74, 6) is 0.423. The van der Waals surface area contributed by atoms with E-state index in [2.05, 4.69) is 15.9 Å². The van der Waals surface area contributed by atoms with Crippen molar-refractivity contribution in [2.75, 3.05) is 0 Å². The molecule has 0 aliphatic heterocycles. The highest BCUT2D eigenvalue weighted by molar-refractivity contribution is 9.10. The van der Waals surface area contributed by atoms with Crippen molar-refractivity contribution in [1.82, 2.24) is 0 Å². The molecule has 0 amide bonds. The molecular weight excluding hydrogens is 309 g/mol. The van der Waals surface area contributed by atoms with Crippen molar-refractivity contribution in [3.63, 3.8) is 0 Å². The molecule has 0 saturated heterocycles. The van der Waals surface area contributed by atoms with Gasteiger partial charge in [0.15, 0.2) is 11.6 Å². The minimum atomic E-state index is -0.349. The summed E-state index contributed by atoms with van der Waals surface area (Å²) >= 11 is 3.38. The van der Waals surface area contributed by atoms with Crippen LogP contribution in [0.2, 0.25) is 0 Å². The van der Waals surface area contributed by atoms with Crippen LogP contribution in [0.1, 0.15) is 24.1 Å². The summed E-state index contributed by atoms with van der Waals surface area (Å²) in [5.41, 5.74) is 7.29. The van der Waals surface area contributed by atoms with E-state index in [4.69, 9.17) is 10.5 Å². The molecule has 0 aliphatic rings. The first-order valence-corrected chi connectivity index (χ1v) is 6.76. The first-order valence-electron chi connectivity index (χ1n) is 5.97. The quantitative estimate of drug-likeness (QED) is 0.887. The number of ether oxygens (including phenoxy) is 1. The van der Waals surface area contributed by atoms with Crippen LogP contribution in [0.5, 0.6) is 11.5 Å². The van der Waals surface area contributed by atoms with Crippen molar-refractivity contribution in [3.05, 3.63) is 57.8 Å². The summed E-state index contributed by atoms with van der Waals surface area (Å²) in [6.45, 7) is 3.57. The molecule has 0 bridgehead atoms. The molecule has 0 radical (unpaired) electrons. The molecule has 0 spiro atoms. The van der Waals surface area contributed by atoms with Crippen LogP contribution in [-0.2, 0) is 0 Å². The second-order valence-electron chi connectivity index (χ2n) is 4.46. The van der Waals surface area contributed by atoms with Crippen LogP contribution in [-0.4, -0.2) is 0 Å². The standard InChI is InChI=1S/C15H15BrFNO/c1-9-4-3-5-13(15(9)17)19-14-8-11(16)6-7-12(14)10(2)18/h3-8,10H,18H2,1-2H3. The van der Waals surface area contributed by atoms with E-state index in [0.717, 1.165) is 10.0 Å². The lowest BCUT2D eigenvalue weighted by Gasteiger charge is -2.15. The average Bonchev–Trinajstić information content (AvgIpc) is 2.35. The Balaban J connectivity index is 2.42. The van der Waals surface area contributed by atoms with Gasteiger partial charge >= 0.3 is 0 Å². The van der Waals surface area contributed by atoms with E-state index >= 15 is 0 Å². The monoisotopic (exact) mass is 323 g/mol. The number of benzene rings is 2. The Morgan fingerprint density at radius 1 is 1.21 bits per heavy atom. The molecule has 19 heavy (non-hydrogen) atoms. The third-order valence-electron chi connectivity index (χ3n) is 2.84. The zero-order valence-electron chi connectivity index (χ0n) is 10.8. The predicted molar refractivity (Wildman–Crippen MR) is 78.0 cm³/mol. The fourth-order valence-electron chi connectivity index (χ4n) is 1.79. The Kier molecular flexibility index (Phi) is 4.22. The van der Waals surface area contributed by atoms with Crippen LogP contribution in [0.4, 0.5) is 4.39 Å². The number of aryl methyl sites for hydroxylation is 1. The molecule has 0 heterocycles. The van der Waals surface area contributed by atoms with Crippen LogP contribution < -0.4 is 10.5 Å². The first-order chi connectivity index (χ1) is 8.99. The molecule has 0 aromatic heterocycles. The second-order valence-corrected chi connectivity index (χ2v) is 5.38. The van der Waals surface area contributed by atoms with Gasteiger partial charge in [0.25, 0.3) is 0 Å². The SMILES string of the molecule is Cc1cccc(Oc2cc(Br)ccc2C(C)N)c1F. The maximum absolute atomic E-state index is 14.0. The van der Waals surface area contributed by atoms with Crippen LogP contribution >= 0.6 is 15.9 Å². The summed E-state index contributed by atoms with van der Waals surface area (Å²) < 4.78 is 20.5. The zero-order chi connectivity index (χ0) is 14.0. The summed E-state index contributed by atoms with van der Waals surface area (Å²) in [5, 5.41) is 0. The maximum atomic E-state index is 14.0. The molecule has 0 fully saturated rings. The van der Waals surface area contributed by atoms with E-state index in [0.29, 0.717) is 11.3 Å². The lowest BCUT2D eigenvalue weighted by atomic mass is 10.1. The molecule has 1 atom stereocenters. The van der Waals surface area contributed by atoms with Crippen LogP contribution in [0.3, 0.4) is 0 Å². The van der Waals surface area contributed by atoms with Crippen LogP contribution in [0.15, 0.2) is 40.9 Å². The topological polar surface area (TPSA) is 35.2 Å². The van der Waals surface area contributed by atoms with Crippen molar-refractivity contribution in [3.8, 4) is 11.5 Å². The Morgan fingerprint density at radius 3 is 2.63 bits per heavy atom. The van der Waals surface area contributed by atoms with Crippen molar-refractivity contribution in [2.24, 2.45) is 5.73 Å². The first kappa shape index (κ1) is 14.0. The molecule has 1 unspecified atom stereocenters. The molecule has 0 saturated carbocycles. The minimum Gasteiger partial charge on any atom is -0.454 e. The highest BCUT2D eigenvalue weighted by atomic mass is 79.9. The van der Waals surface area contributed by atoms with E-state index in [-0.39, 0.29) is 17.6 Å². The Labute approximate surface area is 120 Å². The van der Waals surface area contributed by atoms with Gasteiger partial charge in [0.2, 0.25) is 0 Å². The Bertz CT molecular complexity index is 599. The number of nitrogens with two attached hydrogens (primary N) is 1. The number of rotatable bonds is 3. The lowest BCUT2D eigenvalue weighted by Crippen LogP contribution is -2.07. The smallest absolute Gasteiger partial charge is 0.168 e. The third-order valence-corrected chi connectivity index (χ3v) is 3.34. The van der Waals surface area contributed by atoms with Crippen molar-refractivity contribution >= 4 is 15.9 Å². The molecule has 2 rings (SSSR count).